The minimum absolute atomic E-state index is 0.297. The lowest BCUT2D eigenvalue weighted by atomic mass is 10.1. The Balaban J connectivity index is 2.00. The van der Waals surface area contributed by atoms with Crippen molar-refractivity contribution in [3.05, 3.63) is 46.7 Å². The lowest BCUT2D eigenvalue weighted by Crippen LogP contribution is -2.21. The van der Waals surface area contributed by atoms with Gasteiger partial charge >= 0.3 is 0 Å². The summed E-state index contributed by atoms with van der Waals surface area (Å²) >= 11 is 1.68. The highest BCUT2D eigenvalue weighted by atomic mass is 32.1. The molecular formula is C12H15N3S. The van der Waals surface area contributed by atoms with Crippen LogP contribution in [-0.2, 0) is 0 Å². The Kier molecular flexibility index (Phi) is 3.64. The maximum absolute atomic E-state index is 4.13. The van der Waals surface area contributed by atoms with E-state index in [9.17, 15) is 0 Å². The number of thiazole rings is 1. The number of hydrogen-bond donors (Lipinski definition) is 1. The Labute approximate surface area is 99.6 Å². The van der Waals surface area contributed by atoms with E-state index in [2.05, 4.69) is 35.2 Å². The van der Waals surface area contributed by atoms with Gasteiger partial charge in [-0.2, -0.15) is 0 Å². The summed E-state index contributed by atoms with van der Waals surface area (Å²) in [6, 6.07) is 4.67. The van der Waals surface area contributed by atoms with Crippen LogP contribution < -0.4 is 5.32 Å². The third-order valence-electron chi connectivity index (χ3n) is 2.56. The molecule has 1 unspecified atom stereocenters. The Bertz CT molecular complexity index is 413. The fraction of sp³-hybridized carbons (Fsp3) is 0.333. The van der Waals surface area contributed by atoms with Crippen LogP contribution in [0.2, 0.25) is 0 Å². The molecule has 3 nitrogen and oxygen atoms in total. The second kappa shape index (κ2) is 5.18. The molecule has 16 heavy (non-hydrogen) atoms. The van der Waals surface area contributed by atoms with E-state index in [1.807, 2.05) is 24.0 Å². The van der Waals surface area contributed by atoms with Crippen LogP contribution in [0.4, 0.5) is 0 Å². The topological polar surface area (TPSA) is 37.8 Å². The van der Waals surface area contributed by atoms with Gasteiger partial charge in [0.2, 0.25) is 0 Å². The number of nitrogens with zero attached hydrogens (tertiary/aromatic N) is 2. The van der Waals surface area contributed by atoms with Gasteiger partial charge in [0.25, 0.3) is 0 Å². The third-order valence-corrected chi connectivity index (χ3v) is 3.52. The van der Waals surface area contributed by atoms with Crippen molar-refractivity contribution in [1.29, 1.82) is 0 Å². The van der Waals surface area contributed by atoms with E-state index >= 15 is 0 Å². The van der Waals surface area contributed by atoms with Crippen LogP contribution in [0.15, 0.2) is 36.2 Å². The van der Waals surface area contributed by atoms with Crippen LogP contribution in [0.1, 0.15) is 36.4 Å². The molecule has 84 valence electrons. The number of nitrogens with one attached hydrogen (secondary N) is 1. The first-order valence-electron chi connectivity index (χ1n) is 5.31. The van der Waals surface area contributed by atoms with E-state index in [1.54, 1.807) is 17.5 Å². The molecule has 0 aliphatic carbocycles. The van der Waals surface area contributed by atoms with Crippen molar-refractivity contribution < 1.29 is 0 Å². The molecule has 4 heteroatoms. The fourth-order valence-electron chi connectivity index (χ4n) is 1.62. The number of hydrogen-bond acceptors (Lipinski definition) is 4. The van der Waals surface area contributed by atoms with Crippen molar-refractivity contribution in [3.8, 4) is 0 Å². The van der Waals surface area contributed by atoms with E-state index in [0.717, 1.165) is 0 Å². The molecule has 0 amide bonds. The van der Waals surface area contributed by atoms with Gasteiger partial charge in [-0.25, -0.2) is 0 Å². The normalized spacial score (nSPS) is 14.6. The van der Waals surface area contributed by atoms with Gasteiger partial charge in [0.1, 0.15) is 0 Å². The van der Waals surface area contributed by atoms with Crippen LogP contribution in [0.5, 0.6) is 0 Å². The molecule has 0 aromatic carbocycles. The van der Waals surface area contributed by atoms with Gasteiger partial charge in [0.15, 0.2) is 0 Å². The maximum atomic E-state index is 4.13. The molecule has 0 aliphatic rings. The minimum Gasteiger partial charge on any atom is -0.303 e. The molecule has 2 aromatic rings. The van der Waals surface area contributed by atoms with Crippen LogP contribution >= 0.6 is 11.3 Å². The minimum atomic E-state index is 0.297. The van der Waals surface area contributed by atoms with E-state index in [0.29, 0.717) is 12.1 Å². The van der Waals surface area contributed by atoms with Crippen molar-refractivity contribution in [1.82, 2.24) is 15.3 Å². The highest BCUT2D eigenvalue weighted by Crippen LogP contribution is 2.20. The molecule has 0 radical (unpaired) electrons. The summed E-state index contributed by atoms with van der Waals surface area (Å²) in [4.78, 5) is 9.48. The standard InChI is InChI=1S/C12H15N3S/c1-9(11-4-3-5-13-6-11)15-10(2)12-7-14-8-16-12/h3-10,15H,1-2H3/t9-,10?/m1/s1. The summed E-state index contributed by atoms with van der Waals surface area (Å²) < 4.78 is 0. The second-order valence-corrected chi connectivity index (χ2v) is 4.72. The van der Waals surface area contributed by atoms with Gasteiger partial charge in [-0.3, -0.25) is 9.97 Å². The summed E-state index contributed by atoms with van der Waals surface area (Å²) in [5.74, 6) is 0. The average molecular weight is 233 g/mol. The first-order chi connectivity index (χ1) is 7.77. The first kappa shape index (κ1) is 11.2. The van der Waals surface area contributed by atoms with Gasteiger partial charge < -0.3 is 5.32 Å². The molecular weight excluding hydrogens is 218 g/mol. The molecule has 2 atom stereocenters. The fourth-order valence-corrected chi connectivity index (χ4v) is 2.26. The van der Waals surface area contributed by atoms with Gasteiger partial charge in [-0.1, -0.05) is 6.07 Å². The predicted octanol–water partition coefficient (Wildman–Crippen LogP) is 2.95. The van der Waals surface area contributed by atoms with Crippen molar-refractivity contribution in [3.63, 3.8) is 0 Å². The summed E-state index contributed by atoms with van der Waals surface area (Å²) in [5, 5.41) is 3.53. The monoisotopic (exact) mass is 233 g/mol. The van der Waals surface area contributed by atoms with Gasteiger partial charge in [-0.15, -0.1) is 11.3 Å². The molecule has 2 rings (SSSR count). The van der Waals surface area contributed by atoms with Gasteiger partial charge in [0, 0.05) is 35.6 Å². The molecule has 1 N–H and O–H groups in total. The van der Waals surface area contributed by atoms with E-state index in [1.165, 1.54) is 10.4 Å². The number of aromatic nitrogens is 2. The van der Waals surface area contributed by atoms with Crippen LogP contribution in [0.25, 0.3) is 0 Å². The summed E-state index contributed by atoms with van der Waals surface area (Å²) in [5.41, 5.74) is 3.07. The van der Waals surface area contributed by atoms with Crippen molar-refractivity contribution in [2.45, 2.75) is 25.9 Å². The summed E-state index contributed by atoms with van der Waals surface area (Å²) in [7, 11) is 0. The smallest absolute Gasteiger partial charge is 0.0794 e. The molecule has 0 aliphatic heterocycles. The third kappa shape index (κ3) is 2.65. The lowest BCUT2D eigenvalue weighted by Gasteiger charge is -2.18. The number of pyridine rings is 1. The Morgan fingerprint density at radius 1 is 1.19 bits per heavy atom. The lowest BCUT2D eigenvalue weighted by molar-refractivity contribution is 0.498. The number of rotatable bonds is 4. The molecule has 0 spiro atoms. The van der Waals surface area contributed by atoms with Gasteiger partial charge in [0.05, 0.1) is 5.51 Å². The molecule has 0 bridgehead atoms. The SMILES string of the molecule is CC(N[C@H](C)c1cccnc1)c1cncs1. The summed E-state index contributed by atoms with van der Waals surface area (Å²) in [6.07, 6.45) is 5.61. The average Bonchev–Trinajstić information content (AvgIpc) is 2.83. The van der Waals surface area contributed by atoms with Crippen molar-refractivity contribution in [2.75, 3.05) is 0 Å². The van der Waals surface area contributed by atoms with Crippen molar-refractivity contribution in [2.24, 2.45) is 0 Å². The van der Waals surface area contributed by atoms with Gasteiger partial charge in [-0.05, 0) is 25.5 Å². The zero-order valence-electron chi connectivity index (χ0n) is 9.42. The highest BCUT2D eigenvalue weighted by molar-refractivity contribution is 7.09. The quantitative estimate of drug-likeness (QED) is 0.882. The first-order valence-corrected chi connectivity index (χ1v) is 6.19. The molecule has 2 heterocycles. The summed E-state index contributed by atoms with van der Waals surface area (Å²) in [6.45, 7) is 4.30. The van der Waals surface area contributed by atoms with Crippen LogP contribution in [0.3, 0.4) is 0 Å². The van der Waals surface area contributed by atoms with Crippen molar-refractivity contribution >= 4 is 11.3 Å². The van der Waals surface area contributed by atoms with Crippen LogP contribution in [-0.4, -0.2) is 9.97 Å². The van der Waals surface area contributed by atoms with E-state index < -0.39 is 0 Å². The zero-order valence-corrected chi connectivity index (χ0v) is 10.2. The molecule has 0 fully saturated rings. The molecule has 2 aromatic heterocycles. The molecule has 0 saturated heterocycles. The predicted molar refractivity (Wildman–Crippen MR) is 66.3 cm³/mol. The Hall–Kier alpha value is -1.26. The maximum Gasteiger partial charge on any atom is 0.0794 e. The Morgan fingerprint density at radius 3 is 2.69 bits per heavy atom. The molecule has 0 saturated carbocycles. The second-order valence-electron chi connectivity index (χ2n) is 3.80. The zero-order chi connectivity index (χ0) is 11.4. The Morgan fingerprint density at radius 2 is 2.06 bits per heavy atom. The van der Waals surface area contributed by atoms with Crippen LogP contribution in [0, 0.1) is 0 Å². The van der Waals surface area contributed by atoms with E-state index in [4.69, 9.17) is 0 Å². The highest BCUT2D eigenvalue weighted by Gasteiger charge is 2.11. The van der Waals surface area contributed by atoms with E-state index in [-0.39, 0.29) is 0 Å². The largest absolute Gasteiger partial charge is 0.303 e.